The largest absolute Gasteiger partial charge is 0.443 e. The SMILES string of the molecule is Cc1ccc(C)c(CNC(=O)Cn2cnc3oc(C)c(C)c3c2=O)c1. The van der Waals surface area contributed by atoms with Gasteiger partial charge in [0.1, 0.15) is 24.0 Å². The van der Waals surface area contributed by atoms with Crippen LogP contribution in [0.15, 0.2) is 33.7 Å². The van der Waals surface area contributed by atoms with E-state index < -0.39 is 0 Å². The van der Waals surface area contributed by atoms with Crippen molar-refractivity contribution < 1.29 is 9.21 Å². The molecule has 0 spiro atoms. The van der Waals surface area contributed by atoms with Crippen LogP contribution in [0.25, 0.3) is 11.1 Å². The summed E-state index contributed by atoms with van der Waals surface area (Å²) in [6.45, 7) is 7.98. The van der Waals surface area contributed by atoms with Gasteiger partial charge in [-0.1, -0.05) is 23.8 Å². The Morgan fingerprint density at radius 1 is 1.24 bits per heavy atom. The van der Waals surface area contributed by atoms with Crippen molar-refractivity contribution in [1.29, 1.82) is 0 Å². The lowest BCUT2D eigenvalue weighted by molar-refractivity contribution is -0.121. The van der Waals surface area contributed by atoms with E-state index in [9.17, 15) is 9.59 Å². The van der Waals surface area contributed by atoms with Gasteiger partial charge in [0, 0.05) is 12.1 Å². The van der Waals surface area contributed by atoms with Gasteiger partial charge >= 0.3 is 0 Å². The van der Waals surface area contributed by atoms with Gasteiger partial charge in [0.25, 0.3) is 5.56 Å². The number of furan rings is 1. The van der Waals surface area contributed by atoms with E-state index in [0.717, 1.165) is 22.3 Å². The van der Waals surface area contributed by atoms with Crippen molar-refractivity contribution in [2.75, 3.05) is 0 Å². The molecule has 0 aliphatic carbocycles. The molecule has 0 saturated heterocycles. The molecule has 6 nitrogen and oxygen atoms in total. The van der Waals surface area contributed by atoms with Crippen LogP contribution in [-0.4, -0.2) is 15.5 Å². The fourth-order valence-corrected chi connectivity index (χ4v) is 2.78. The summed E-state index contributed by atoms with van der Waals surface area (Å²) in [6, 6.07) is 6.12. The van der Waals surface area contributed by atoms with Gasteiger partial charge in [-0.05, 0) is 38.8 Å². The van der Waals surface area contributed by atoms with Crippen LogP contribution in [0.1, 0.15) is 28.0 Å². The minimum atomic E-state index is -0.263. The quantitative estimate of drug-likeness (QED) is 0.792. The summed E-state index contributed by atoms with van der Waals surface area (Å²) in [6.07, 6.45) is 1.35. The number of amides is 1. The Morgan fingerprint density at radius 3 is 2.76 bits per heavy atom. The van der Waals surface area contributed by atoms with Crippen LogP contribution in [0, 0.1) is 27.7 Å². The Bertz CT molecular complexity index is 1010. The maximum absolute atomic E-state index is 12.6. The van der Waals surface area contributed by atoms with Gasteiger partial charge in [-0.3, -0.25) is 14.2 Å². The molecule has 0 saturated carbocycles. The van der Waals surface area contributed by atoms with Gasteiger partial charge in [0.2, 0.25) is 11.6 Å². The zero-order valence-electron chi connectivity index (χ0n) is 14.8. The third-order valence-corrected chi connectivity index (χ3v) is 4.45. The zero-order valence-corrected chi connectivity index (χ0v) is 14.8. The van der Waals surface area contributed by atoms with Crippen molar-refractivity contribution in [3.05, 3.63) is 62.9 Å². The van der Waals surface area contributed by atoms with E-state index >= 15 is 0 Å². The molecule has 2 aromatic heterocycles. The van der Waals surface area contributed by atoms with Crippen molar-refractivity contribution in [3.8, 4) is 0 Å². The van der Waals surface area contributed by atoms with Crippen molar-refractivity contribution in [3.63, 3.8) is 0 Å². The molecule has 1 amide bonds. The maximum atomic E-state index is 12.6. The highest BCUT2D eigenvalue weighted by atomic mass is 16.3. The van der Waals surface area contributed by atoms with Crippen molar-refractivity contribution in [2.24, 2.45) is 0 Å². The van der Waals surface area contributed by atoms with Gasteiger partial charge in [0.05, 0.1) is 0 Å². The first kappa shape index (κ1) is 17.0. The lowest BCUT2D eigenvalue weighted by Crippen LogP contribution is -2.32. The number of nitrogens with one attached hydrogen (secondary N) is 1. The van der Waals surface area contributed by atoms with E-state index in [1.165, 1.54) is 10.9 Å². The number of carbonyl (C=O) groups excluding carboxylic acids is 1. The number of aryl methyl sites for hydroxylation is 4. The molecule has 130 valence electrons. The van der Waals surface area contributed by atoms with Crippen LogP contribution in [0.3, 0.4) is 0 Å². The third kappa shape index (κ3) is 3.33. The molecule has 0 aliphatic rings. The fraction of sp³-hybridized carbons (Fsp3) is 0.316. The second-order valence-electron chi connectivity index (χ2n) is 6.35. The van der Waals surface area contributed by atoms with E-state index in [1.807, 2.05) is 39.0 Å². The number of hydrogen-bond acceptors (Lipinski definition) is 4. The highest BCUT2D eigenvalue weighted by Crippen LogP contribution is 2.19. The average Bonchev–Trinajstić information content (AvgIpc) is 2.86. The van der Waals surface area contributed by atoms with E-state index in [0.29, 0.717) is 23.4 Å². The van der Waals surface area contributed by atoms with Crippen LogP contribution in [0.4, 0.5) is 0 Å². The molecule has 0 bridgehead atoms. The Balaban J connectivity index is 1.76. The average molecular weight is 339 g/mol. The zero-order chi connectivity index (χ0) is 18.1. The minimum Gasteiger partial charge on any atom is -0.443 e. The smallest absolute Gasteiger partial charge is 0.265 e. The Morgan fingerprint density at radius 2 is 2.00 bits per heavy atom. The van der Waals surface area contributed by atoms with Crippen LogP contribution in [0.5, 0.6) is 0 Å². The molecule has 0 radical (unpaired) electrons. The van der Waals surface area contributed by atoms with E-state index in [-0.39, 0.29) is 18.0 Å². The lowest BCUT2D eigenvalue weighted by Gasteiger charge is -2.10. The molecule has 3 rings (SSSR count). The van der Waals surface area contributed by atoms with Crippen LogP contribution in [-0.2, 0) is 17.9 Å². The Kier molecular flexibility index (Phi) is 4.44. The van der Waals surface area contributed by atoms with Gasteiger partial charge in [-0.25, -0.2) is 4.98 Å². The number of nitrogens with zero attached hydrogens (tertiary/aromatic N) is 2. The molecule has 1 N–H and O–H groups in total. The maximum Gasteiger partial charge on any atom is 0.265 e. The van der Waals surface area contributed by atoms with Crippen molar-refractivity contribution in [2.45, 2.75) is 40.8 Å². The first-order chi connectivity index (χ1) is 11.9. The highest BCUT2D eigenvalue weighted by molar-refractivity contribution is 5.79. The fourth-order valence-electron chi connectivity index (χ4n) is 2.78. The van der Waals surface area contributed by atoms with Gasteiger partial charge in [0.15, 0.2) is 0 Å². The molecule has 25 heavy (non-hydrogen) atoms. The van der Waals surface area contributed by atoms with Crippen LogP contribution >= 0.6 is 0 Å². The van der Waals surface area contributed by atoms with Crippen molar-refractivity contribution >= 4 is 17.0 Å². The second kappa shape index (κ2) is 6.55. The van der Waals surface area contributed by atoms with Gasteiger partial charge < -0.3 is 9.73 Å². The lowest BCUT2D eigenvalue weighted by atomic mass is 10.1. The summed E-state index contributed by atoms with van der Waals surface area (Å²) in [7, 11) is 0. The molecule has 0 aliphatic heterocycles. The molecule has 0 fully saturated rings. The molecular weight excluding hydrogens is 318 g/mol. The summed E-state index contributed by atoms with van der Waals surface area (Å²) in [5.74, 6) is 0.429. The molecule has 6 heteroatoms. The third-order valence-electron chi connectivity index (χ3n) is 4.45. The summed E-state index contributed by atoms with van der Waals surface area (Å²) in [4.78, 5) is 28.9. The molecule has 2 heterocycles. The highest BCUT2D eigenvalue weighted by Gasteiger charge is 2.15. The Hall–Kier alpha value is -2.89. The predicted octanol–water partition coefficient (Wildman–Crippen LogP) is 2.54. The normalized spacial score (nSPS) is 11.0. The number of carbonyl (C=O) groups is 1. The minimum absolute atomic E-state index is 0.0731. The molecule has 1 aromatic carbocycles. The summed E-state index contributed by atoms with van der Waals surface area (Å²) in [5, 5.41) is 3.29. The van der Waals surface area contributed by atoms with Crippen LogP contribution in [0.2, 0.25) is 0 Å². The molecule has 3 aromatic rings. The predicted molar refractivity (Wildman–Crippen MR) is 95.5 cm³/mol. The summed E-state index contributed by atoms with van der Waals surface area (Å²) >= 11 is 0. The van der Waals surface area contributed by atoms with Crippen molar-refractivity contribution in [1.82, 2.24) is 14.9 Å². The van der Waals surface area contributed by atoms with Gasteiger partial charge in [-0.15, -0.1) is 0 Å². The monoisotopic (exact) mass is 339 g/mol. The van der Waals surface area contributed by atoms with E-state index in [1.54, 1.807) is 6.92 Å². The molecular formula is C19H21N3O3. The standard InChI is InChI=1S/C19H21N3O3/c1-11-5-6-12(2)15(7-11)8-20-16(23)9-22-10-21-18-17(19(22)24)13(3)14(4)25-18/h5-7,10H,8-9H2,1-4H3,(H,20,23). The van der Waals surface area contributed by atoms with Gasteiger partial charge in [-0.2, -0.15) is 0 Å². The number of fused-ring (bicyclic) bond motifs is 1. The first-order valence-electron chi connectivity index (χ1n) is 8.15. The topological polar surface area (TPSA) is 77.1 Å². The number of hydrogen-bond donors (Lipinski definition) is 1. The summed E-state index contributed by atoms with van der Waals surface area (Å²) < 4.78 is 6.75. The molecule has 0 atom stereocenters. The van der Waals surface area contributed by atoms with E-state index in [4.69, 9.17) is 4.42 Å². The molecule has 0 unspecified atom stereocenters. The van der Waals surface area contributed by atoms with Crippen LogP contribution < -0.4 is 10.9 Å². The second-order valence-corrected chi connectivity index (χ2v) is 6.35. The van der Waals surface area contributed by atoms with E-state index in [2.05, 4.69) is 10.3 Å². The number of benzene rings is 1. The number of aromatic nitrogens is 2. The Labute approximate surface area is 145 Å². The number of rotatable bonds is 4. The first-order valence-corrected chi connectivity index (χ1v) is 8.15. The summed E-state index contributed by atoms with van der Waals surface area (Å²) in [5.41, 5.74) is 4.14.